The summed E-state index contributed by atoms with van der Waals surface area (Å²) in [6, 6.07) is 6.92. The van der Waals surface area contributed by atoms with E-state index in [1.165, 1.54) is 4.90 Å². The van der Waals surface area contributed by atoms with E-state index in [2.05, 4.69) is 6.58 Å². The predicted molar refractivity (Wildman–Crippen MR) is 74.9 cm³/mol. The number of carbonyl (C=O) groups excluding carboxylic acids is 1. The van der Waals surface area contributed by atoms with Gasteiger partial charge in [-0.15, -0.1) is 6.58 Å². The Balaban J connectivity index is 2.81. The lowest BCUT2D eigenvalue weighted by Gasteiger charge is -2.26. The maximum atomic E-state index is 12.0. The second-order valence-electron chi connectivity index (χ2n) is 5.28. The standard InChI is InChI=1S/C15H21NO3/c1-5-10-16(14(18)19-15(2,3)4)11-12-8-6-7-9-13(12)17/h5-9,17H,1,10-11H2,2-4H3. The largest absolute Gasteiger partial charge is 0.508 e. The first-order valence-corrected chi connectivity index (χ1v) is 6.19. The fourth-order valence-corrected chi connectivity index (χ4v) is 1.54. The molecule has 4 heteroatoms. The van der Waals surface area contributed by atoms with Crippen molar-refractivity contribution in [1.82, 2.24) is 4.90 Å². The van der Waals surface area contributed by atoms with Gasteiger partial charge in [0.05, 0.1) is 6.54 Å². The Hall–Kier alpha value is -1.97. The Kier molecular flexibility index (Phi) is 4.98. The van der Waals surface area contributed by atoms with E-state index in [0.717, 1.165) is 0 Å². The van der Waals surface area contributed by atoms with Crippen LogP contribution in [-0.4, -0.2) is 28.2 Å². The van der Waals surface area contributed by atoms with Crippen molar-refractivity contribution in [1.29, 1.82) is 0 Å². The lowest BCUT2D eigenvalue weighted by Crippen LogP contribution is -2.36. The number of carbonyl (C=O) groups is 1. The van der Waals surface area contributed by atoms with E-state index < -0.39 is 11.7 Å². The van der Waals surface area contributed by atoms with Gasteiger partial charge in [-0.05, 0) is 26.8 Å². The summed E-state index contributed by atoms with van der Waals surface area (Å²) in [6.07, 6.45) is 1.21. The molecule has 0 unspecified atom stereocenters. The molecule has 0 aliphatic heterocycles. The van der Waals surface area contributed by atoms with Crippen LogP contribution < -0.4 is 0 Å². The number of para-hydroxylation sites is 1. The monoisotopic (exact) mass is 263 g/mol. The summed E-state index contributed by atoms with van der Waals surface area (Å²) in [5, 5.41) is 9.74. The van der Waals surface area contributed by atoms with Crippen LogP contribution in [0, 0.1) is 0 Å². The summed E-state index contributed by atoms with van der Waals surface area (Å²) in [4.78, 5) is 13.5. The third kappa shape index (κ3) is 5.04. The minimum absolute atomic E-state index is 0.167. The van der Waals surface area contributed by atoms with Crippen LogP contribution in [0.15, 0.2) is 36.9 Å². The Morgan fingerprint density at radius 3 is 2.58 bits per heavy atom. The second kappa shape index (κ2) is 6.27. The fraction of sp³-hybridized carbons (Fsp3) is 0.400. The molecule has 1 rings (SSSR count). The predicted octanol–water partition coefficient (Wildman–Crippen LogP) is 3.32. The summed E-state index contributed by atoms with van der Waals surface area (Å²) in [7, 11) is 0. The van der Waals surface area contributed by atoms with E-state index in [4.69, 9.17) is 4.74 Å². The van der Waals surface area contributed by atoms with Crippen LogP contribution in [0.4, 0.5) is 4.79 Å². The Bertz CT molecular complexity index is 449. The highest BCUT2D eigenvalue weighted by Crippen LogP contribution is 2.19. The molecule has 0 aliphatic rings. The van der Waals surface area contributed by atoms with Gasteiger partial charge in [0, 0.05) is 12.1 Å². The SMILES string of the molecule is C=CCN(Cc1ccccc1O)C(=O)OC(C)(C)C. The molecule has 4 nitrogen and oxygen atoms in total. The van der Waals surface area contributed by atoms with Gasteiger partial charge in [0.15, 0.2) is 0 Å². The Labute approximate surface area is 114 Å². The number of nitrogens with zero attached hydrogens (tertiary/aromatic N) is 1. The van der Waals surface area contributed by atoms with Crippen LogP contribution in [-0.2, 0) is 11.3 Å². The van der Waals surface area contributed by atoms with Crippen molar-refractivity contribution < 1.29 is 14.6 Å². The topological polar surface area (TPSA) is 49.8 Å². The first-order chi connectivity index (χ1) is 8.83. The normalized spacial score (nSPS) is 10.9. The number of hydrogen-bond acceptors (Lipinski definition) is 3. The first kappa shape index (κ1) is 15.1. The molecular weight excluding hydrogens is 242 g/mol. The van der Waals surface area contributed by atoms with Gasteiger partial charge in [-0.3, -0.25) is 0 Å². The highest BCUT2D eigenvalue weighted by Gasteiger charge is 2.22. The zero-order valence-corrected chi connectivity index (χ0v) is 11.7. The first-order valence-electron chi connectivity index (χ1n) is 6.19. The van der Waals surface area contributed by atoms with Crippen LogP contribution >= 0.6 is 0 Å². The summed E-state index contributed by atoms with van der Waals surface area (Å²) in [5.74, 6) is 0.167. The van der Waals surface area contributed by atoms with Crippen LogP contribution in [0.3, 0.4) is 0 Å². The molecule has 0 saturated heterocycles. The number of phenols is 1. The molecule has 0 heterocycles. The zero-order valence-electron chi connectivity index (χ0n) is 11.7. The smallest absolute Gasteiger partial charge is 0.410 e. The number of aromatic hydroxyl groups is 1. The molecule has 0 atom stereocenters. The van der Waals surface area contributed by atoms with Gasteiger partial charge in [0.2, 0.25) is 0 Å². The van der Waals surface area contributed by atoms with E-state index >= 15 is 0 Å². The minimum atomic E-state index is -0.546. The molecule has 0 aromatic heterocycles. The van der Waals surface area contributed by atoms with Crippen molar-refractivity contribution >= 4 is 6.09 Å². The molecule has 1 amide bonds. The molecule has 0 saturated carbocycles. The summed E-state index contributed by atoms with van der Waals surface area (Å²) in [5.41, 5.74) is 0.130. The van der Waals surface area contributed by atoms with Gasteiger partial charge in [0.1, 0.15) is 11.4 Å². The van der Waals surface area contributed by atoms with E-state index in [1.54, 1.807) is 24.3 Å². The maximum Gasteiger partial charge on any atom is 0.410 e. The number of hydrogen-bond donors (Lipinski definition) is 1. The van der Waals surface area contributed by atoms with E-state index in [0.29, 0.717) is 12.1 Å². The molecule has 1 N–H and O–H groups in total. The number of ether oxygens (including phenoxy) is 1. The molecule has 0 aliphatic carbocycles. The summed E-state index contributed by atoms with van der Waals surface area (Å²) < 4.78 is 5.32. The van der Waals surface area contributed by atoms with Crippen molar-refractivity contribution in [3.8, 4) is 5.75 Å². The zero-order chi connectivity index (χ0) is 14.5. The summed E-state index contributed by atoms with van der Waals surface area (Å²) >= 11 is 0. The summed E-state index contributed by atoms with van der Waals surface area (Å²) in [6.45, 7) is 9.73. The van der Waals surface area contributed by atoms with Crippen LogP contribution in [0.25, 0.3) is 0 Å². The van der Waals surface area contributed by atoms with Gasteiger partial charge in [-0.25, -0.2) is 4.79 Å². The lowest BCUT2D eigenvalue weighted by atomic mass is 10.2. The fourth-order valence-electron chi connectivity index (χ4n) is 1.54. The molecule has 1 aromatic rings. The molecule has 1 aromatic carbocycles. The molecule has 0 spiro atoms. The highest BCUT2D eigenvalue weighted by atomic mass is 16.6. The molecule has 0 radical (unpaired) electrons. The lowest BCUT2D eigenvalue weighted by molar-refractivity contribution is 0.0256. The van der Waals surface area contributed by atoms with Crippen LogP contribution in [0.2, 0.25) is 0 Å². The molecule has 104 valence electrons. The van der Waals surface area contributed by atoms with Crippen molar-refractivity contribution in [3.05, 3.63) is 42.5 Å². The van der Waals surface area contributed by atoms with Crippen molar-refractivity contribution in [2.45, 2.75) is 32.9 Å². The Morgan fingerprint density at radius 1 is 1.42 bits per heavy atom. The number of amides is 1. The number of phenolic OH excluding ortho intramolecular Hbond substituents is 1. The molecular formula is C15H21NO3. The van der Waals surface area contributed by atoms with Gasteiger partial charge < -0.3 is 14.7 Å². The van der Waals surface area contributed by atoms with Gasteiger partial charge in [-0.2, -0.15) is 0 Å². The van der Waals surface area contributed by atoms with E-state index in [1.807, 2.05) is 26.8 Å². The highest BCUT2D eigenvalue weighted by molar-refractivity contribution is 5.68. The van der Waals surface area contributed by atoms with Crippen molar-refractivity contribution in [3.63, 3.8) is 0 Å². The van der Waals surface area contributed by atoms with Crippen LogP contribution in [0.1, 0.15) is 26.3 Å². The van der Waals surface area contributed by atoms with Gasteiger partial charge in [-0.1, -0.05) is 24.3 Å². The van der Waals surface area contributed by atoms with Gasteiger partial charge >= 0.3 is 6.09 Å². The van der Waals surface area contributed by atoms with Crippen LogP contribution in [0.5, 0.6) is 5.75 Å². The Morgan fingerprint density at radius 2 is 2.05 bits per heavy atom. The number of benzene rings is 1. The second-order valence-corrected chi connectivity index (χ2v) is 5.28. The average molecular weight is 263 g/mol. The third-order valence-corrected chi connectivity index (χ3v) is 2.35. The van der Waals surface area contributed by atoms with Crippen molar-refractivity contribution in [2.24, 2.45) is 0 Å². The molecule has 19 heavy (non-hydrogen) atoms. The number of rotatable bonds is 4. The quantitative estimate of drug-likeness (QED) is 0.848. The minimum Gasteiger partial charge on any atom is -0.508 e. The van der Waals surface area contributed by atoms with E-state index in [9.17, 15) is 9.90 Å². The van der Waals surface area contributed by atoms with Crippen molar-refractivity contribution in [2.75, 3.05) is 6.54 Å². The van der Waals surface area contributed by atoms with Gasteiger partial charge in [0.25, 0.3) is 0 Å². The third-order valence-electron chi connectivity index (χ3n) is 2.35. The molecule has 0 fully saturated rings. The van der Waals surface area contributed by atoms with E-state index in [-0.39, 0.29) is 12.3 Å². The average Bonchev–Trinajstić information content (AvgIpc) is 2.29. The maximum absolute atomic E-state index is 12.0. The molecule has 0 bridgehead atoms.